The van der Waals surface area contributed by atoms with Crippen LogP contribution < -0.4 is 5.32 Å². The molecule has 0 amide bonds. The number of allylic oxidation sites excluding steroid dienone is 1. The maximum Gasteiger partial charge on any atom is -0.00142 e. The normalized spacial score (nSPS) is 11.9. The van der Waals surface area contributed by atoms with Crippen molar-refractivity contribution in [3.8, 4) is 0 Å². The Hall–Kier alpha value is -1.08. The molecule has 0 aliphatic carbocycles. The maximum absolute atomic E-state index is 3.33. The number of hydrogen-bond acceptors (Lipinski definition) is 1. The van der Waals surface area contributed by atoms with Crippen LogP contribution in [0.25, 0.3) is 5.57 Å². The van der Waals surface area contributed by atoms with E-state index in [1.54, 1.807) is 0 Å². The average Bonchev–Trinajstić information content (AvgIpc) is 2.24. The predicted octanol–water partition coefficient (Wildman–Crippen LogP) is 3.71. The average molecular weight is 217 g/mol. The molecule has 1 heteroatoms. The number of hydrogen-bond donors (Lipinski definition) is 1. The Bertz CT molecular complexity index is 364. The SMILES string of the molecule is CCNCCC=C(C)c1ccc(C)cc1C. The van der Waals surface area contributed by atoms with Crippen LogP contribution in [0, 0.1) is 13.8 Å². The molecule has 0 heterocycles. The Morgan fingerprint density at radius 3 is 2.69 bits per heavy atom. The van der Waals surface area contributed by atoms with Crippen molar-refractivity contribution < 1.29 is 0 Å². The molecule has 0 fully saturated rings. The van der Waals surface area contributed by atoms with Crippen LogP contribution in [0.4, 0.5) is 0 Å². The zero-order valence-electron chi connectivity index (χ0n) is 10.9. The number of benzene rings is 1. The lowest BCUT2D eigenvalue weighted by atomic mass is 9.99. The third-order valence-electron chi connectivity index (χ3n) is 2.83. The molecule has 0 atom stereocenters. The fraction of sp³-hybridized carbons (Fsp3) is 0.467. The summed E-state index contributed by atoms with van der Waals surface area (Å²) in [6, 6.07) is 6.66. The van der Waals surface area contributed by atoms with E-state index in [-0.39, 0.29) is 0 Å². The summed E-state index contributed by atoms with van der Waals surface area (Å²) in [5, 5.41) is 3.33. The molecule has 0 saturated heterocycles. The molecule has 0 saturated carbocycles. The first kappa shape index (κ1) is 13.0. The number of rotatable bonds is 5. The van der Waals surface area contributed by atoms with Crippen LogP contribution in [0.15, 0.2) is 24.3 Å². The van der Waals surface area contributed by atoms with Gasteiger partial charge in [-0.25, -0.2) is 0 Å². The van der Waals surface area contributed by atoms with Crippen molar-refractivity contribution in [1.29, 1.82) is 0 Å². The van der Waals surface area contributed by atoms with Crippen molar-refractivity contribution in [2.75, 3.05) is 13.1 Å². The van der Waals surface area contributed by atoms with Gasteiger partial charge in [0.25, 0.3) is 0 Å². The Kier molecular flexibility index (Phi) is 5.27. The highest BCUT2D eigenvalue weighted by atomic mass is 14.8. The van der Waals surface area contributed by atoms with Crippen molar-refractivity contribution in [3.63, 3.8) is 0 Å². The smallest absolute Gasteiger partial charge is 0.00142 e. The molecule has 0 aromatic heterocycles. The molecule has 0 bridgehead atoms. The molecule has 0 aliphatic rings. The molecule has 0 spiro atoms. The number of aryl methyl sites for hydroxylation is 2. The fourth-order valence-corrected chi connectivity index (χ4v) is 1.93. The Labute approximate surface area is 99.6 Å². The first-order chi connectivity index (χ1) is 7.65. The lowest BCUT2D eigenvalue weighted by Gasteiger charge is -2.07. The third-order valence-corrected chi connectivity index (χ3v) is 2.83. The Balaban J connectivity index is 2.68. The molecular weight excluding hydrogens is 194 g/mol. The molecule has 0 unspecified atom stereocenters. The van der Waals surface area contributed by atoms with Crippen molar-refractivity contribution in [3.05, 3.63) is 41.0 Å². The van der Waals surface area contributed by atoms with Gasteiger partial charge in [-0.05, 0) is 57.0 Å². The van der Waals surface area contributed by atoms with Crippen molar-refractivity contribution >= 4 is 5.57 Å². The van der Waals surface area contributed by atoms with Gasteiger partial charge in [-0.2, -0.15) is 0 Å². The van der Waals surface area contributed by atoms with Gasteiger partial charge in [0, 0.05) is 0 Å². The van der Waals surface area contributed by atoms with Gasteiger partial charge >= 0.3 is 0 Å². The Morgan fingerprint density at radius 1 is 1.31 bits per heavy atom. The highest BCUT2D eigenvalue weighted by molar-refractivity contribution is 5.66. The molecular formula is C15H23N. The van der Waals surface area contributed by atoms with Gasteiger partial charge in [-0.15, -0.1) is 0 Å². The van der Waals surface area contributed by atoms with Gasteiger partial charge in [-0.1, -0.05) is 36.8 Å². The van der Waals surface area contributed by atoms with E-state index in [1.165, 1.54) is 22.3 Å². The molecule has 1 N–H and O–H groups in total. The van der Waals surface area contributed by atoms with Crippen LogP contribution in [0.3, 0.4) is 0 Å². The van der Waals surface area contributed by atoms with E-state index < -0.39 is 0 Å². The first-order valence-corrected chi connectivity index (χ1v) is 6.10. The molecule has 88 valence electrons. The van der Waals surface area contributed by atoms with Crippen molar-refractivity contribution in [1.82, 2.24) is 5.32 Å². The van der Waals surface area contributed by atoms with Gasteiger partial charge in [0.1, 0.15) is 0 Å². The standard InChI is InChI=1S/C15H23N/c1-5-16-10-6-7-13(3)15-9-8-12(2)11-14(15)4/h7-9,11,16H,5-6,10H2,1-4H3. The van der Waals surface area contributed by atoms with Gasteiger partial charge in [-0.3, -0.25) is 0 Å². The first-order valence-electron chi connectivity index (χ1n) is 6.10. The second kappa shape index (κ2) is 6.49. The zero-order valence-corrected chi connectivity index (χ0v) is 10.9. The van der Waals surface area contributed by atoms with Crippen LogP contribution in [-0.2, 0) is 0 Å². The predicted molar refractivity (Wildman–Crippen MR) is 72.7 cm³/mol. The molecule has 0 aliphatic heterocycles. The lowest BCUT2D eigenvalue weighted by molar-refractivity contribution is 0.727. The minimum atomic E-state index is 1.05. The molecule has 16 heavy (non-hydrogen) atoms. The summed E-state index contributed by atoms with van der Waals surface area (Å²) in [6.45, 7) is 10.8. The summed E-state index contributed by atoms with van der Waals surface area (Å²) in [4.78, 5) is 0. The zero-order chi connectivity index (χ0) is 12.0. The van der Waals surface area contributed by atoms with Crippen LogP contribution in [-0.4, -0.2) is 13.1 Å². The molecule has 0 radical (unpaired) electrons. The van der Waals surface area contributed by atoms with E-state index in [9.17, 15) is 0 Å². The van der Waals surface area contributed by atoms with Crippen LogP contribution in [0.2, 0.25) is 0 Å². The molecule has 1 aromatic rings. The molecule has 1 aromatic carbocycles. The minimum absolute atomic E-state index is 1.05. The molecule has 1 rings (SSSR count). The summed E-state index contributed by atoms with van der Waals surface area (Å²) < 4.78 is 0. The van der Waals surface area contributed by atoms with Gasteiger partial charge in [0.05, 0.1) is 0 Å². The third kappa shape index (κ3) is 3.82. The minimum Gasteiger partial charge on any atom is -0.317 e. The van der Waals surface area contributed by atoms with Crippen LogP contribution in [0.1, 0.15) is 37.0 Å². The van der Waals surface area contributed by atoms with Crippen molar-refractivity contribution in [2.24, 2.45) is 0 Å². The van der Waals surface area contributed by atoms with E-state index >= 15 is 0 Å². The summed E-state index contributed by atoms with van der Waals surface area (Å²) in [5.41, 5.74) is 5.47. The van der Waals surface area contributed by atoms with Gasteiger partial charge in [0.2, 0.25) is 0 Å². The fourth-order valence-electron chi connectivity index (χ4n) is 1.93. The van der Waals surface area contributed by atoms with E-state index in [0.717, 1.165) is 19.5 Å². The summed E-state index contributed by atoms with van der Waals surface area (Å²) in [6.07, 6.45) is 3.42. The van der Waals surface area contributed by atoms with E-state index in [2.05, 4.69) is 57.3 Å². The van der Waals surface area contributed by atoms with E-state index in [0.29, 0.717) is 0 Å². The second-order valence-corrected chi connectivity index (χ2v) is 4.35. The second-order valence-electron chi connectivity index (χ2n) is 4.35. The van der Waals surface area contributed by atoms with E-state index in [4.69, 9.17) is 0 Å². The maximum atomic E-state index is 3.33. The quantitative estimate of drug-likeness (QED) is 0.741. The highest BCUT2D eigenvalue weighted by Crippen LogP contribution is 2.19. The summed E-state index contributed by atoms with van der Waals surface area (Å²) in [5.74, 6) is 0. The van der Waals surface area contributed by atoms with Gasteiger partial charge in [0.15, 0.2) is 0 Å². The highest BCUT2D eigenvalue weighted by Gasteiger charge is 1.99. The largest absolute Gasteiger partial charge is 0.317 e. The molecule has 1 nitrogen and oxygen atoms in total. The lowest BCUT2D eigenvalue weighted by Crippen LogP contribution is -2.13. The van der Waals surface area contributed by atoms with Gasteiger partial charge < -0.3 is 5.32 Å². The van der Waals surface area contributed by atoms with Crippen molar-refractivity contribution in [2.45, 2.75) is 34.1 Å². The summed E-state index contributed by atoms with van der Waals surface area (Å²) in [7, 11) is 0. The topological polar surface area (TPSA) is 12.0 Å². The summed E-state index contributed by atoms with van der Waals surface area (Å²) >= 11 is 0. The van der Waals surface area contributed by atoms with Crippen LogP contribution in [0.5, 0.6) is 0 Å². The number of nitrogens with one attached hydrogen (secondary N) is 1. The van der Waals surface area contributed by atoms with E-state index in [1.807, 2.05) is 0 Å². The van der Waals surface area contributed by atoms with Crippen LogP contribution >= 0.6 is 0 Å². The Morgan fingerprint density at radius 2 is 2.06 bits per heavy atom. The monoisotopic (exact) mass is 217 g/mol.